The Kier molecular flexibility index (Phi) is 6.82. The van der Waals surface area contributed by atoms with E-state index >= 15 is 0 Å². The zero-order chi connectivity index (χ0) is 17.4. The molecule has 0 bridgehead atoms. The van der Waals surface area contributed by atoms with Gasteiger partial charge in [0, 0.05) is 5.56 Å². The summed E-state index contributed by atoms with van der Waals surface area (Å²) < 4.78 is 10.6. The molecule has 2 aromatic carbocycles. The third-order valence-electron chi connectivity index (χ3n) is 3.89. The van der Waals surface area contributed by atoms with E-state index in [9.17, 15) is 9.90 Å². The van der Waals surface area contributed by atoms with Crippen molar-refractivity contribution < 1.29 is 19.4 Å². The topological polar surface area (TPSA) is 55.8 Å². The summed E-state index contributed by atoms with van der Waals surface area (Å²) in [4.78, 5) is 11.8. The van der Waals surface area contributed by atoms with Crippen LogP contribution < -0.4 is 4.74 Å². The van der Waals surface area contributed by atoms with Gasteiger partial charge in [-0.25, -0.2) is 4.79 Å². The number of carbonyl (C=O) groups is 1. The van der Waals surface area contributed by atoms with Gasteiger partial charge in [-0.1, -0.05) is 50.1 Å². The summed E-state index contributed by atoms with van der Waals surface area (Å²) in [5, 5.41) is 10.2. The molecule has 0 heterocycles. The predicted molar refractivity (Wildman–Crippen MR) is 93.0 cm³/mol. The smallest absolute Gasteiger partial charge is 0.338 e. The minimum absolute atomic E-state index is 0.264. The van der Waals surface area contributed by atoms with Gasteiger partial charge in [0.1, 0.15) is 12.4 Å². The molecule has 0 saturated heterocycles. The lowest BCUT2D eigenvalue weighted by Gasteiger charge is -2.13. The van der Waals surface area contributed by atoms with Crippen LogP contribution in [0.5, 0.6) is 5.75 Å². The number of methoxy groups -OCH3 is 1. The number of aliphatic hydroxyl groups excluding tert-OH is 1. The first-order valence-corrected chi connectivity index (χ1v) is 8.22. The lowest BCUT2D eigenvalue weighted by atomic mass is 10.0. The number of esters is 1. The molecule has 2 rings (SSSR count). The number of ether oxygens (including phenoxy) is 2. The minimum atomic E-state index is -0.476. The van der Waals surface area contributed by atoms with E-state index in [1.54, 1.807) is 12.1 Å². The first-order chi connectivity index (χ1) is 11.7. The number of rotatable bonds is 8. The summed E-state index contributed by atoms with van der Waals surface area (Å²) in [5.41, 5.74) is 2.11. The van der Waals surface area contributed by atoms with Crippen LogP contribution in [0.25, 0.3) is 0 Å². The average molecular weight is 328 g/mol. The van der Waals surface area contributed by atoms with Crippen LogP contribution in [-0.4, -0.2) is 18.2 Å². The van der Waals surface area contributed by atoms with Crippen LogP contribution in [-0.2, 0) is 11.3 Å². The molecule has 1 N–H and O–H groups in total. The number of hydrogen-bond donors (Lipinski definition) is 1. The fraction of sp³-hybridized carbons (Fsp3) is 0.350. The molecule has 0 fully saturated rings. The second-order valence-corrected chi connectivity index (χ2v) is 5.67. The number of benzene rings is 2. The molecule has 2 aromatic rings. The largest absolute Gasteiger partial charge is 0.489 e. The van der Waals surface area contributed by atoms with E-state index < -0.39 is 6.10 Å². The first kappa shape index (κ1) is 18.0. The molecule has 0 aliphatic heterocycles. The first-order valence-electron chi connectivity index (χ1n) is 8.22. The van der Waals surface area contributed by atoms with Crippen LogP contribution in [0.2, 0.25) is 0 Å². The van der Waals surface area contributed by atoms with E-state index in [2.05, 4.69) is 6.92 Å². The molecule has 4 nitrogen and oxygen atoms in total. The van der Waals surface area contributed by atoms with Crippen molar-refractivity contribution in [3.63, 3.8) is 0 Å². The molecule has 1 atom stereocenters. The van der Waals surface area contributed by atoms with Crippen LogP contribution in [0.3, 0.4) is 0 Å². The Balaban J connectivity index is 2.06. The monoisotopic (exact) mass is 328 g/mol. The van der Waals surface area contributed by atoms with Crippen molar-refractivity contribution in [2.75, 3.05) is 7.11 Å². The molecule has 0 saturated carbocycles. The van der Waals surface area contributed by atoms with Gasteiger partial charge >= 0.3 is 5.97 Å². The summed E-state index contributed by atoms with van der Waals surface area (Å²) >= 11 is 0. The summed E-state index contributed by atoms with van der Waals surface area (Å²) in [5.74, 6) is 0.292. The van der Waals surface area contributed by atoms with Gasteiger partial charge in [-0.05, 0) is 30.2 Å². The number of aliphatic hydroxyl groups is 1. The molecule has 4 heteroatoms. The van der Waals surface area contributed by atoms with Crippen molar-refractivity contribution in [3.05, 3.63) is 65.2 Å². The van der Waals surface area contributed by atoms with Gasteiger partial charge in [-0.3, -0.25) is 0 Å². The Labute approximate surface area is 143 Å². The van der Waals surface area contributed by atoms with Crippen molar-refractivity contribution in [1.82, 2.24) is 0 Å². The SMILES string of the molecule is CCCC[C@H](O)c1cccc(OCc2ccccc2C(=O)OC)c1. The predicted octanol–water partition coefficient (Wildman–Crippen LogP) is 4.28. The maximum Gasteiger partial charge on any atom is 0.338 e. The van der Waals surface area contributed by atoms with Gasteiger partial charge < -0.3 is 14.6 Å². The quantitative estimate of drug-likeness (QED) is 0.735. The molecule has 0 aromatic heterocycles. The van der Waals surface area contributed by atoms with E-state index in [-0.39, 0.29) is 12.6 Å². The molecule has 128 valence electrons. The van der Waals surface area contributed by atoms with Crippen LogP contribution >= 0.6 is 0 Å². The highest BCUT2D eigenvalue weighted by molar-refractivity contribution is 5.90. The minimum Gasteiger partial charge on any atom is -0.489 e. The highest BCUT2D eigenvalue weighted by Crippen LogP contribution is 2.24. The Morgan fingerprint density at radius 1 is 1.17 bits per heavy atom. The number of unbranched alkanes of at least 4 members (excludes halogenated alkanes) is 1. The zero-order valence-corrected chi connectivity index (χ0v) is 14.2. The van der Waals surface area contributed by atoms with Gasteiger partial charge in [0.15, 0.2) is 0 Å². The molecule has 0 unspecified atom stereocenters. The van der Waals surface area contributed by atoms with Crippen LogP contribution in [0, 0.1) is 0 Å². The van der Waals surface area contributed by atoms with Gasteiger partial charge in [0.2, 0.25) is 0 Å². The van der Waals surface area contributed by atoms with Crippen molar-refractivity contribution in [1.29, 1.82) is 0 Å². The number of carbonyl (C=O) groups excluding carboxylic acids is 1. The molecular formula is C20H24O4. The van der Waals surface area contributed by atoms with E-state index in [1.807, 2.05) is 36.4 Å². The fourth-order valence-electron chi connectivity index (χ4n) is 2.49. The Hall–Kier alpha value is -2.33. The van der Waals surface area contributed by atoms with Crippen LogP contribution in [0.4, 0.5) is 0 Å². The summed E-state index contributed by atoms with van der Waals surface area (Å²) in [7, 11) is 1.36. The maximum atomic E-state index is 11.8. The van der Waals surface area contributed by atoms with Gasteiger partial charge in [-0.2, -0.15) is 0 Å². The van der Waals surface area contributed by atoms with Gasteiger partial charge in [0.25, 0.3) is 0 Å². The molecule has 0 amide bonds. The Morgan fingerprint density at radius 2 is 1.96 bits per heavy atom. The molecule has 0 aliphatic carbocycles. The zero-order valence-electron chi connectivity index (χ0n) is 14.2. The highest BCUT2D eigenvalue weighted by Gasteiger charge is 2.12. The Bertz CT molecular complexity index is 666. The molecule has 0 spiro atoms. The fourth-order valence-corrected chi connectivity index (χ4v) is 2.49. The Morgan fingerprint density at radius 3 is 2.71 bits per heavy atom. The lowest BCUT2D eigenvalue weighted by molar-refractivity contribution is 0.0597. The van der Waals surface area contributed by atoms with Gasteiger partial charge in [0.05, 0.1) is 18.8 Å². The van der Waals surface area contributed by atoms with E-state index in [1.165, 1.54) is 7.11 Å². The van der Waals surface area contributed by atoms with Gasteiger partial charge in [-0.15, -0.1) is 0 Å². The van der Waals surface area contributed by atoms with E-state index in [0.717, 1.165) is 30.4 Å². The third-order valence-corrected chi connectivity index (χ3v) is 3.89. The van der Waals surface area contributed by atoms with Crippen LogP contribution in [0.15, 0.2) is 48.5 Å². The average Bonchev–Trinajstić information content (AvgIpc) is 2.64. The summed E-state index contributed by atoms with van der Waals surface area (Å²) in [6.45, 7) is 2.37. The molecule has 0 radical (unpaired) electrons. The van der Waals surface area contributed by atoms with E-state index in [0.29, 0.717) is 11.3 Å². The van der Waals surface area contributed by atoms with Crippen molar-refractivity contribution >= 4 is 5.97 Å². The van der Waals surface area contributed by atoms with Crippen molar-refractivity contribution in [3.8, 4) is 5.75 Å². The second kappa shape index (κ2) is 9.08. The molecular weight excluding hydrogens is 304 g/mol. The molecule has 0 aliphatic rings. The van der Waals surface area contributed by atoms with E-state index in [4.69, 9.17) is 9.47 Å². The third kappa shape index (κ3) is 4.83. The standard InChI is InChI=1S/C20H24O4/c1-3-4-12-19(21)15-9-7-10-17(13-15)24-14-16-8-5-6-11-18(16)20(22)23-2/h5-11,13,19,21H,3-4,12,14H2,1-2H3/t19-/m0/s1. The normalized spacial score (nSPS) is 11.8. The summed E-state index contributed by atoms with van der Waals surface area (Å²) in [6, 6.07) is 14.7. The van der Waals surface area contributed by atoms with Crippen molar-refractivity contribution in [2.45, 2.75) is 38.9 Å². The van der Waals surface area contributed by atoms with Crippen LogP contribution in [0.1, 0.15) is 53.8 Å². The lowest BCUT2D eigenvalue weighted by Crippen LogP contribution is -2.08. The second-order valence-electron chi connectivity index (χ2n) is 5.67. The highest BCUT2D eigenvalue weighted by atomic mass is 16.5. The molecule has 24 heavy (non-hydrogen) atoms. The summed E-state index contributed by atoms with van der Waals surface area (Å²) in [6.07, 6.45) is 2.30. The maximum absolute atomic E-state index is 11.8. The van der Waals surface area contributed by atoms with Crippen molar-refractivity contribution in [2.24, 2.45) is 0 Å². The number of hydrogen-bond acceptors (Lipinski definition) is 4.